The second kappa shape index (κ2) is 7.83. The Morgan fingerprint density at radius 1 is 1.19 bits per heavy atom. The number of methoxy groups -OCH3 is 1. The molecule has 4 nitrogen and oxygen atoms in total. The summed E-state index contributed by atoms with van der Waals surface area (Å²) >= 11 is 0. The van der Waals surface area contributed by atoms with Crippen LogP contribution in [-0.2, 0) is 6.54 Å². The van der Waals surface area contributed by atoms with Crippen LogP contribution in [0, 0.1) is 6.92 Å². The van der Waals surface area contributed by atoms with E-state index in [1.807, 2.05) is 6.07 Å². The van der Waals surface area contributed by atoms with Crippen LogP contribution in [0.1, 0.15) is 24.0 Å². The van der Waals surface area contributed by atoms with Crippen LogP contribution in [0.25, 0.3) is 10.9 Å². The van der Waals surface area contributed by atoms with Gasteiger partial charge in [0.2, 0.25) is 0 Å². The Morgan fingerprint density at radius 3 is 2.77 bits per heavy atom. The number of para-hydroxylation sites is 1. The molecule has 0 aliphatic carbocycles. The number of hydrogen-bond donors (Lipinski definition) is 1. The molecule has 0 saturated heterocycles. The molecule has 5 heteroatoms. The van der Waals surface area contributed by atoms with E-state index in [9.17, 15) is 0 Å². The molecule has 0 radical (unpaired) electrons. The molecule has 0 amide bonds. The van der Waals surface area contributed by atoms with E-state index in [1.165, 1.54) is 33.6 Å². The zero-order valence-corrected chi connectivity index (χ0v) is 16.0. The maximum Gasteiger partial charge on any atom is 0.119 e. The topological polar surface area (TPSA) is 40.6 Å². The first-order valence-electron chi connectivity index (χ1n) is 8.77. The van der Waals surface area contributed by atoms with Crippen molar-refractivity contribution in [3.05, 3.63) is 59.8 Å². The normalized spacial score (nSPS) is 13.4. The molecule has 0 saturated carbocycles. The standard InChI is InChI=1S/C21H23N3O.ClH/c1-15-12-17(25-2)9-10-20(15)24(21-8-5-11-22-21)14-16-13-23-19-7-4-3-6-18(16)19;/h3-4,6-7,9-10,12-13,23H,5,8,11,14H2,1-2H3;1H. The number of anilines is 1. The van der Waals surface area contributed by atoms with Gasteiger partial charge < -0.3 is 14.6 Å². The lowest BCUT2D eigenvalue weighted by atomic mass is 10.1. The highest BCUT2D eigenvalue weighted by molar-refractivity contribution is 6.00. The molecule has 1 aromatic heterocycles. The molecule has 0 fully saturated rings. The maximum absolute atomic E-state index is 5.37. The number of nitrogens with one attached hydrogen (secondary N) is 1. The van der Waals surface area contributed by atoms with Gasteiger partial charge in [0, 0.05) is 35.8 Å². The van der Waals surface area contributed by atoms with Gasteiger partial charge in [0.05, 0.1) is 13.7 Å². The van der Waals surface area contributed by atoms with Crippen LogP contribution in [-0.4, -0.2) is 24.5 Å². The number of aromatic amines is 1. The lowest BCUT2D eigenvalue weighted by Crippen LogP contribution is -2.29. The monoisotopic (exact) mass is 369 g/mol. The summed E-state index contributed by atoms with van der Waals surface area (Å²) in [6.07, 6.45) is 4.29. The van der Waals surface area contributed by atoms with E-state index in [-0.39, 0.29) is 12.4 Å². The number of rotatable bonds is 4. The number of halogens is 1. The summed E-state index contributed by atoms with van der Waals surface area (Å²) < 4.78 is 5.37. The molecular weight excluding hydrogens is 346 g/mol. The molecule has 2 heterocycles. The molecule has 136 valence electrons. The van der Waals surface area contributed by atoms with Gasteiger partial charge in [-0.05, 0) is 48.7 Å². The van der Waals surface area contributed by atoms with Gasteiger partial charge in [-0.1, -0.05) is 18.2 Å². The van der Waals surface area contributed by atoms with Gasteiger partial charge in [-0.15, -0.1) is 12.4 Å². The average Bonchev–Trinajstić information content (AvgIpc) is 3.30. The number of benzene rings is 2. The zero-order valence-electron chi connectivity index (χ0n) is 15.2. The number of aromatic nitrogens is 1. The third-order valence-corrected chi connectivity index (χ3v) is 4.86. The van der Waals surface area contributed by atoms with Crippen molar-refractivity contribution in [2.45, 2.75) is 26.3 Å². The smallest absolute Gasteiger partial charge is 0.119 e. The van der Waals surface area contributed by atoms with Crippen molar-refractivity contribution in [2.75, 3.05) is 18.6 Å². The average molecular weight is 370 g/mol. The number of amidine groups is 1. The Labute approximate surface area is 160 Å². The summed E-state index contributed by atoms with van der Waals surface area (Å²) in [5.41, 5.74) is 4.87. The molecule has 4 rings (SSSR count). The van der Waals surface area contributed by atoms with Crippen molar-refractivity contribution in [1.29, 1.82) is 0 Å². The molecule has 3 aromatic rings. The predicted octanol–water partition coefficient (Wildman–Crippen LogP) is 5.11. The second-order valence-corrected chi connectivity index (χ2v) is 6.50. The van der Waals surface area contributed by atoms with E-state index >= 15 is 0 Å². The number of aryl methyl sites for hydroxylation is 1. The lowest BCUT2D eigenvalue weighted by Gasteiger charge is -2.26. The number of H-pyrrole nitrogens is 1. The minimum absolute atomic E-state index is 0. The number of hydrogen-bond acceptors (Lipinski definition) is 3. The third kappa shape index (κ3) is 3.42. The third-order valence-electron chi connectivity index (χ3n) is 4.86. The number of aliphatic imine (C=N–C) groups is 1. The summed E-state index contributed by atoms with van der Waals surface area (Å²) in [4.78, 5) is 10.5. The van der Waals surface area contributed by atoms with Crippen molar-refractivity contribution >= 4 is 34.8 Å². The van der Waals surface area contributed by atoms with Gasteiger partial charge in [-0.25, -0.2) is 0 Å². The molecule has 2 aromatic carbocycles. The minimum atomic E-state index is 0. The van der Waals surface area contributed by atoms with Gasteiger partial charge in [0.15, 0.2) is 0 Å². The largest absolute Gasteiger partial charge is 0.497 e. The van der Waals surface area contributed by atoms with Crippen molar-refractivity contribution in [3.8, 4) is 5.75 Å². The SMILES string of the molecule is COc1ccc(N(Cc2c[nH]c3ccccc23)C2=NCCC2)c(C)c1.Cl. The molecule has 26 heavy (non-hydrogen) atoms. The first-order valence-corrected chi connectivity index (χ1v) is 8.77. The molecular formula is C21H24ClN3O. The first kappa shape index (κ1) is 18.3. The number of nitrogens with zero attached hydrogens (tertiary/aromatic N) is 2. The van der Waals surface area contributed by atoms with Crippen LogP contribution in [0.5, 0.6) is 5.75 Å². The molecule has 1 N–H and O–H groups in total. The van der Waals surface area contributed by atoms with Gasteiger partial charge in [-0.3, -0.25) is 4.99 Å². The van der Waals surface area contributed by atoms with E-state index in [0.29, 0.717) is 0 Å². The molecule has 0 unspecified atom stereocenters. The van der Waals surface area contributed by atoms with Crippen molar-refractivity contribution in [1.82, 2.24) is 4.98 Å². The number of fused-ring (bicyclic) bond motifs is 1. The van der Waals surface area contributed by atoms with Crippen LogP contribution < -0.4 is 9.64 Å². The first-order chi connectivity index (χ1) is 12.3. The van der Waals surface area contributed by atoms with E-state index < -0.39 is 0 Å². The van der Waals surface area contributed by atoms with Crippen LogP contribution in [0.4, 0.5) is 5.69 Å². The highest BCUT2D eigenvalue weighted by atomic mass is 35.5. The Hall–Kier alpha value is -2.46. The Kier molecular flexibility index (Phi) is 5.52. The fourth-order valence-electron chi connectivity index (χ4n) is 3.55. The molecule has 1 aliphatic heterocycles. The summed E-state index contributed by atoms with van der Waals surface area (Å²) in [6.45, 7) is 3.88. The molecule has 0 bridgehead atoms. The number of ether oxygens (including phenoxy) is 1. The van der Waals surface area contributed by atoms with Crippen molar-refractivity contribution < 1.29 is 4.74 Å². The van der Waals surface area contributed by atoms with E-state index in [4.69, 9.17) is 9.73 Å². The quantitative estimate of drug-likeness (QED) is 0.694. The zero-order chi connectivity index (χ0) is 17.2. The minimum Gasteiger partial charge on any atom is -0.497 e. The van der Waals surface area contributed by atoms with Crippen molar-refractivity contribution in [2.24, 2.45) is 4.99 Å². The Balaban J connectivity index is 0.00000196. The van der Waals surface area contributed by atoms with Crippen LogP contribution in [0.15, 0.2) is 53.7 Å². The Morgan fingerprint density at radius 2 is 2.04 bits per heavy atom. The summed E-state index contributed by atoms with van der Waals surface area (Å²) in [7, 11) is 1.71. The van der Waals surface area contributed by atoms with E-state index in [2.05, 4.69) is 59.4 Å². The van der Waals surface area contributed by atoms with E-state index in [0.717, 1.165) is 31.7 Å². The molecule has 0 spiro atoms. The highest BCUT2D eigenvalue weighted by Crippen LogP contribution is 2.30. The molecule has 1 aliphatic rings. The fraction of sp³-hybridized carbons (Fsp3) is 0.286. The second-order valence-electron chi connectivity index (χ2n) is 6.50. The van der Waals surface area contributed by atoms with Gasteiger partial charge in [-0.2, -0.15) is 0 Å². The van der Waals surface area contributed by atoms with Gasteiger partial charge in [0.1, 0.15) is 11.6 Å². The van der Waals surface area contributed by atoms with Crippen LogP contribution in [0.3, 0.4) is 0 Å². The van der Waals surface area contributed by atoms with Gasteiger partial charge >= 0.3 is 0 Å². The maximum atomic E-state index is 5.37. The summed E-state index contributed by atoms with van der Waals surface area (Å²) in [6, 6.07) is 14.7. The van der Waals surface area contributed by atoms with Crippen molar-refractivity contribution in [3.63, 3.8) is 0 Å². The lowest BCUT2D eigenvalue weighted by molar-refractivity contribution is 0.414. The summed E-state index contributed by atoms with van der Waals surface area (Å²) in [5, 5.41) is 1.28. The van der Waals surface area contributed by atoms with Crippen LogP contribution >= 0.6 is 12.4 Å². The fourth-order valence-corrected chi connectivity index (χ4v) is 3.55. The Bertz CT molecular complexity index is 932. The highest BCUT2D eigenvalue weighted by Gasteiger charge is 2.20. The molecule has 0 atom stereocenters. The predicted molar refractivity (Wildman–Crippen MR) is 111 cm³/mol. The van der Waals surface area contributed by atoms with Crippen LogP contribution in [0.2, 0.25) is 0 Å². The van der Waals surface area contributed by atoms with E-state index in [1.54, 1.807) is 7.11 Å². The van der Waals surface area contributed by atoms with Gasteiger partial charge in [0.25, 0.3) is 0 Å². The summed E-state index contributed by atoms with van der Waals surface area (Å²) in [5.74, 6) is 2.07.